The van der Waals surface area contributed by atoms with Crippen LogP contribution < -0.4 is 9.46 Å². The van der Waals surface area contributed by atoms with Gasteiger partial charge in [-0.25, -0.2) is 8.42 Å². The molecule has 2 aromatic carbocycles. The first-order valence-electron chi connectivity index (χ1n) is 10.8. The van der Waals surface area contributed by atoms with Gasteiger partial charge in [0.1, 0.15) is 17.6 Å². The van der Waals surface area contributed by atoms with Crippen molar-refractivity contribution >= 4 is 21.8 Å². The summed E-state index contributed by atoms with van der Waals surface area (Å²) in [6, 6.07) is 14.1. The van der Waals surface area contributed by atoms with Crippen LogP contribution in [0.3, 0.4) is 0 Å². The van der Waals surface area contributed by atoms with Gasteiger partial charge in [-0.3, -0.25) is 19.4 Å². The number of benzene rings is 2. The number of sulfonamides is 1. The number of piperazine rings is 1. The molecule has 0 radical (unpaired) electrons. The molecule has 2 heterocycles. The second kappa shape index (κ2) is 9.30. The molecule has 0 aromatic heterocycles. The Morgan fingerprint density at radius 2 is 1.78 bits per heavy atom. The van der Waals surface area contributed by atoms with Gasteiger partial charge in [0.15, 0.2) is 0 Å². The molecule has 2 aliphatic heterocycles. The Balaban J connectivity index is 1.34. The monoisotopic (exact) mass is 456 g/mol. The van der Waals surface area contributed by atoms with Crippen molar-refractivity contribution in [2.24, 2.45) is 4.99 Å². The van der Waals surface area contributed by atoms with Crippen LogP contribution in [0.4, 0.5) is 0 Å². The molecule has 8 nitrogen and oxygen atoms in total. The summed E-state index contributed by atoms with van der Waals surface area (Å²) in [5.41, 5.74) is 1.72. The Morgan fingerprint density at radius 3 is 2.47 bits per heavy atom. The summed E-state index contributed by atoms with van der Waals surface area (Å²) in [5, 5.41) is 0. The summed E-state index contributed by atoms with van der Waals surface area (Å²) in [6.07, 6.45) is 0. The van der Waals surface area contributed by atoms with E-state index in [1.165, 1.54) is 11.6 Å². The van der Waals surface area contributed by atoms with Crippen molar-refractivity contribution in [3.8, 4) is 5.75 Å². The minimum atomic E-state index is -3.61. The largest absolute Gasteiger partial charge is 0.494 e. The van der Waals surface area contributed by atoms with Crippen molar-refractivity contribution < 1.29 is 17.9 Å². The number of hydrogen-bond acceptors (Lipinski definition) is 6. The number of rotatable bonds is 6. The van der Waals surface area contributed by atoms with Crippen molar-refractivity contribution in [2.75, 3.05) is 32.8 Å². The number of carbonyl (C=O) groups is 1. The maximum Gasteiger partial charge on any atom is 0.263 e. The normalized spacial score (nSPS) is 19.9. The molecule has 1 saturated heterocycles. The van der Waals surface area contributed by atoms with Gasteiger partial charge < -0.3 is 9.64 Å². The molecule has 0 spiro atoms. The van der Waals surface area contributed by atoms with Crippen molar-refractivity contribution in [3.63, 3.8) is 0 Å². The van der Waals surface area contributed by atoms with Crippen LogP contribution in [0, 0.1) is 0 Å². The highest BCUT2D eigenvalue weighted by atomic mass is 32.2. The van der Waals surface area contributed by atoms with Crippen LogP contribution in [0.5, 0.6) is 5.75 Å². The van der Waals surface area contributed by atoms with Gasteiger partial charge in [-0.15, -0.1) is 0 Å². The van der Waals surface area contributed by atoms with E-state index in [0.717, 1.165) is 25.4 Å². The topological polar surface area (TPSA) is 91.3 Å². The molecule has 0 bridgehead atoms. The van der Waals surface area contributed by atoms with Gasteiger partial charge in [0.05, 0.1) is 11.5 Å². The molecule has 170 valence electrons. The van der Waals surface area contributed by atoms with Gasteiger partial charge in [0, 0.05) is 38.3 Å². The van der Waals surface area contributed by atoms with Gasteiger partial charge in [0.25, 0.3) is 10.0 Å². The van der Waals surface area contributed by atoms with E-state index in [0.29, 0.717) is 25.3 Å². The quantitative estimate of drug-likeness (QED) is 0.717. The first kappa shape index (κ1) is 22.3. The first-order chi connectivity index (χ1) is 15.4. The van der Waals surface area contributed by atoms with E-state index in [9.17, 15) is 13.2 Å². The molecule has 4 rings (SSSR count). The number of fused-ring (bicyclic) bond motifs is 1. The number of amides is 1. The minimum absolute atomic E-state index is 0.0956. The second-order valence-corrected chi connectivity index (χ2v) is 9.58. The predicted molar refractivity (Wildman–Crippen MR) is 122 cm³/mol. The maximum absolute atomic E-state index is 12.9. The molecule has 32 heavy (non-hydrogen) atoms. The van der Waals surface area contributed by atoms with E-state index in [1.807, 2.05) is 19.1 Å². The molecule has 0 saturated carbocycles. The molecule has 2 aliphatic rings. The third kappa shape index (κ3) is 4.78. The molecular formula is C23H28N4O4S. The van der Waals surface area contributed by atoms with Crippen molar-refractivity contribution in [2.45, 2.75) is 31.3 Å². The highest BCUT2D eigenvalue weighted by Gasteiger charge is 2.32. The summed E-state index contributed by atoms with van der Waals surface area (Å²) in [7, 11) is -3.61. The molecule has 1 N–H and O–H groups in total. The van der Waals surface area contributed by atoms with Crippen molar-refractivity contribution in [1.82, 2.24) is 14.5 Å². The van der Waals surface area contributed by atoms with Crippen LogP contribution in [0.1, 0.15) is 25.0 Å². The Hall–Kier alpha value is -2.91. The zero-order valence-electron chi connectivity index (χ0n) is 18.3. The zero-order valence-corrected chi connectivity index (χ0v) is 19.1. The van der Waals surface area contributed by atoms with Gasteiger partial charge in [-0.05, 0) is 43.7 Å². The molecule has 1 amide bonds. The molecular weight excluding hydrogens is 428 g/mol. The molecule has 0 aliphatic carbocycles. The van der Waals surface area contributed by atoms with E-state index in [4.69, 9.17) is 4.74 Å². The SMILES string of the molecule is CCOc1ccc(CN2CCN(C(=O)[C@H](C)N=C3NS(=O)(=O)c4ccccc43)CC2)cc1. The van der Waals surface area contributed by atoms with E-state index in [-0.39, 0.29) is 16.6 Å². The summed E-state index contributed by atoms with van der Waals surface area (Å²) in [4.78, 5) is 21.7. The summed E-state index contributed by atoms with van der Waals surface area (Å²) >= 11 is 0. The smallest absolute Gasteiger partial charge is 0.263 e. The van der Waals surface area contributed by atoms with E-state index >= 15 is 0 Å². The lowest BCUT2D eigenvalue weighted by molar-refractivity contribution is -0.133. The van der Waals surface area contributed by atoms with Crippen molar-refractivity contribution in [1.29, 1.82) is 0 Å². The van der Waals surface area contributed by atoms with E-state index in [2.05, 4.69) is 26.7 Å². The molecule has 2 aromatic rings. The minimum Gasteiger partial charge on any atom is -0.494 e. The number of amidine groups is 1. The Bertz CT molecular complexity index is 1110. The highest BCUT2D eigenvalue weighted by Crippen LogP contribution is 2.23. The third-order valence-electron chi connectivity index (χ3n) is 5.67. The van der Waals surface area contributed by atoms with E-state index in [1.54, 1.807) is 30.0 Å². The van der Waals surface area contributed by atoms with Crippen LogP contribution in [0.15, 0.2) is 58.4 Å². The standard InChI is InChI=1S/C23H28N4O4S/c1-3-31-19-10-8-18(9-11-19)16-26-12-14-27(15-13-26)23(28)17(2)24-22-20-6-4-5-7-21(20)32(29,30)25-22/h4-11,17H,3,12-16H2,1-2H3,(H,24,25)/t17-/m0/s1. The highest BCUT2D eigenvalue weighted by molar-refractivity contribution is 7.90. The lowest BCUT2D eigenvalue weighted by Gasteiger charge is -2.35. The number of nitrogens with zero attached hydrogens (tertiary/aromatic N) is 3. The van der Waals surface area contributed by atoms with Crippen LogP contribution >= 0.6 is 0 Å². The second-order valence-electron chi connectivity index (χ2n) is 7.93. The van der Waals surface area contributed by atoms with Gasteiger partial charge in [-0.1, -0.05) is 24.3 Å². The molecule has 1 fully saturated rings. The average molecular weight is 457 g/mol. The number of aliphatic imine (C=N–C) groups is 1. The molecule has 1 atom stereocenters. The Morgan fingerprint density at radius 1 is 1.09 bits per heavy atom. The first-order valence-corrected chi connectivity index (χ1v) is 12.3. The summed E-state index contributed by atoms with van der Waals surface area (Å²) < 4.78 is 32.5. The van der Waals surface area contributed by atoms with E-state index < -0.39 is 16.1 Å². The van der Waals surface area contributed by atoms with Crippen LogP contribution in [0.25, 0.3) is 0 Å². The van der Waals surface area contributed by atoms with Crippen LogP contribution in [-0.4, -0.2) is 68.8 Å². The van der Waals surface area contributed by atoms with Crippen LogP contribution in [0.2, 0.25) is 0 Å². The Kier molecular flexibility index (Phi) is 6.48. The fourth-order valence-corrected chi connectivity index (χ4v) is 5.22. The summed E-state index contributed by atoms with van der Waals surface area (Å²) in [5.74, 6) is 1.01. The number of hydrogen-bond donors (Lipinski definition) is 1. The molecule has 9 heteroatoms. The zero-order chi connectivity index (χ0) is 22.7. The Labute approximate surface area is 188 Å². The maximum atomic E-state index is 12.9. The third-order valence-corrected chi connectivity index (χ3v) is 7.06. The lowest BCUT2D eigenvalue weighted by atomic mass is 10.1. The average Bonchev–Trinajstić information content (AvgIpc) is 3.05. The fourth-order valence-electron chi connectivity index (χ4n) is 3.99. The predicted octanol–water partition coefficient (Wildman–Crippen LogP) is 1.86. The van der Waals surface area contributed by atoms with Gasteiger partial charge >= 0.3 is 0 Å². The fraction of sp³-hybridized carbons (Fsp3) is 0.391. The van der Waals surface area contributed by atoms with Gasteiger partial charge in [0.2, 0.25) is 5.91 Å². The number of ether oxygens (including phenoxy) is 1. The van der Waals surface area contributed by atoms with Crippen molar-refractivity contribution in [3.05, 3.63) is 59.7 Å². The lowest BCUT2D eigenvalue weighted by Crippen LogP contribution is -2.50. The van der Waals surface area contributed by atoms with Crippen LogP contribution in [-0.2, 0) is 21.4 Å². The number of carbonyl (C=O) groups excluding carboxylic acids is 1. The number of nitrogens with one attached hydrogen (secondary N) is 1. The molecule has 0 unspecified atom stereocenters. The van der Waals surface area contributed by atoms with Gasteiger partial charge in [-0.2, -0.15) is 0 Å². The summed E-state index contributed by atoms with van der Waals surface area (Å²) in [6.45, 7) is 7.93.